The Kier molecular flexibility index (Phi) is 60.7. The maximum atomic E-state index is 12.9. The molecule has 0 aliphatic carbocycles. The van der Waals surface area contributed by atoms with E-state index in [1.807, 2.05) is 0 Å². The number of hydrogen-bond acceptors (Lipinski definition) is 6. The van der Waals surface area contributed by atoms with Gasteiger partial charge in [0.15, 0.2) is 6.10 Å². The Labute approximate surface area is 460 Å². The Bertz CT molecular complexity index is 1280. The fraction of sp³-hybridized carbons (Fsp3) is 0.838. The van der Waals surface area contributed by atoms with Crippen LogP contribution < -0.4 is 0 Å². The first kappa shape index (κ1) is 71.4. The lowest BCUT2D eigenvalue weighted by molar-refractivity contribution is -0.167. The first-order valence-corrected chi connectivity index (χ1v) is 32.6. The maximum Gasteiger partial charge on any atom is 0.306 e. The smallest absolute Gasteiger partial charge is 0.306 e. The highest BCUT2D eigenvalue weighted by Gasteiger charge is 2.19. The summed E-state index contributed by atoms with van der Waals surface area (Å²) in [5, 5.41) is 0. The van der Waals surface area contributed by atoms with E-state index in [4.69, 9.17) is 14.2 Å². The van der Waals surface area contributed by atoms with Crippen molar-refractivity contribution >= 4 is 17.9 Å². The molecule has 0 fully saturated rings. The van der Waals surface area contributed by atoms with Crippen LogP contribution in [0.15, 0.2) is 48.6 Å². The highest BCUT2D eigenvalue weighted by molar-refractivity contribution is 5.71. The number of unbranched alkanes of at least 4 members (excludes halogenated alkanes) is 41. The molecule has 0 bridgehead atoms. The van der Waals surface area contributed by atoms with Gasteiger partial charge in [-0.15, -0.1) is 0 Å². The molecule has 0 aromatic rings. The zero-order chi connectivity index (χ0) is 53.6. The molecule has 0 aromatic carbocycles. The second-order valence-corrected chi connectivity index (χ2v) is 22.0. The summed E-state index contributed by atoms with van der Waals surface area (Å²) in [5.41, 5.74) is 0. The van der Waals surface area contributed by atoms with E-state index in [0.29, 0.717) is 19.3 Å². The van der Waals surface area contributed by atoms with Gasteiger partial charge in [0.1, 0.15) is 13.2 Å². The average molecular weight is 1040 g/mol. The minimum absolute atomic E-state index is 0.0782. The Hall–Kier alpha value is -2.63. The Morgan fingerprint density at radius 1 is 0.284 bits per heavy atom. The van der Waals surface area contributed by atoms with Gasteiger partial charge in [-0.1, -0.05) is 320 Å². The standard InChI is InChI=1S/C68H124O6/c1-4-7-10-13-16-19-22-25-28-31-32-33-34-35-38-40-43-46-49-52-55-58-61-67(70)73-64-65(74-68(71)62-59-56-53-50-47-44-41-37-30-27-24-21-18-15-12-9-6-3)63-72-66(69)60-57-54-51-48-45-42-39-36-29-26-23-20-17-14-11-8-5-2/h9,12,18,21,27,30,41,44,65H,4-8,10-11,13-17,19-20,22-26,28-29,31-40,42-43,45-64H2,1-3H3/b12-9-,21-18-,30-27-,44-41-. The fourth-order valence-electron chi connectivity index (χ4n) is 9.73. The zero-order valence-electron chi connectivity index (χ0n) is 49.6. The Morgan fingerprint density at radius 3 is 0.824 bits per heavy atom. The van der Waals surface area contributed by atoms with Gasteiger partial charge in [-0.05, 0) is 57.8 Å². The van der Waals surface area contributed by atoms with E-state index in [2.05, 4.69) is 69.4 Å². The third-order valence-corrected chi connectivity index (χ3v) is 14.6. The van der Waals surface area contributed by atoms with Crippen molar-refractivity contribution in [1.82, 2.24) is 0 Å². The predicted molar refractivity (Wildman–Crippen MR) is 321 cm³/mol. The summed E-state index contributed by atoms with van der Waals surface area (Å²) in [5.74, 6) is -0.877. The first-order chi connectivity index (χ1) is 36.5. The minimum atomic E-state index is -0.784. The molecular formula is C68H124O6. The number of allylic oxidation sites excluding steroid dienone is 8. The van der Waals surface area contributed by atoms with Crippen LogP contribution in [0.5, 0.6) is 0 Å². The van der Waals surface area contributed by atoms with E-state index in [1.54, 1.807) is 0 Å². The molecule has 6 nitrogen and oxygen atoms in total. The van der Waals surface area contributed by atoms with Crippen LogP contribution >= 0.6 is 0 Å². The zero-order valence-corrected chi connectivity index (χ0v) is 49.6. The summed E-state index contributed by atoms with van der Waals surface area (Å²) in [6.45, 7) is 6.57. The number of esters is 3. The van der Waals surface area contributed by atoms with Crippen molar-refractivity contribution in [2.75, 3.05) is 13.2 Å². The number of carbonyl (C=O) groups excluding carboxylic acids is 3. The third kappa shape index (κ3) is 60.2. The summed E-state index contributed by atoms with van der Waals surface area (Å²) >= 11 is 0. The van der Waals surface area contributed by atoms with Crippen molar-refractivity contribution in [3.8, 4) is 0 Å². The molecule has 1 atom stereocenters. The predicted octanol–water partition coefficient (Wildman–Crippen LogP) is 22.2. The first-order valence-electron chi connectivity index (χ1n) is 32.6. The van der Waals surface area contributed by atoms with Gasteiger partial charge in [0.25, 0.3) is 0 Å². The molecule has 0 radical (unpaired) electrons. The highest BCUT2D eigenvalue weighted by Crippen LogP contribution is 2.18. The Morgan fingerprint density at radius 2 is 0.527 bits per heavy atom. The molecule has 1 unspecified atom stereocenters. The topological polar surface area (TPSA) is 78.9 Å². The maximum absolute atomic E-state index is 12.9. The van der Waals surface area contributed by atoms with Crippen LogP contribution in [0, 0.1) is 0 Å². The van der Waals surface area contributed by atoms with Crippen molar-refractivity contribution in [2.24, 2.45) is 0 Å². The van der Waals surface area contributed by atoms with E-state index in [9.17, 15) is 14.4 Å². The second-order valence-electron chi connectivity index (χ2n) is 22.0. The van der Waals surface area contributed by atoms with Gasteiger partial charge >= 0.3 is 17.9 Å². The van der Waals surface area contributed by atoms with E-state index in [-0.39, 0.29) is 31.1 Å². The number of ether oxygens (including phenoxy) is 3. The average Bonchev–Trinajstić information content (AvgIpc) is 3.40. The molecule has 432 valence electrons. The summed E-state index contributed by atoms with van der Waals surface area (Å²) < 4.78 is 16.9. The van der Waals surface area contributed by atoms with Gasteiger partial charge in [0.2, 0.25) is 0 Å². The van der Waals surface area contributed by atoms with Crippen molar-refractivity contribution in [3.05, 3.63) is 48.6 Å². The molecule has 0 aromatic heterocycles. The van der Waals surface area contributed by atoms with E-state index in [1.165, 1.54) is 212 Å². The van der Waals surface area contributed by atoms with Crippen LogP contribution in [0.4, 0.5) is 0 Å². The van der Waals surface area contributed by atoms with E-state index in [0.717, 1.165) is 96.3 Å². The molecule has 0 saturated heterocycles. The third-order valence-electron chi connectivity index (χ3n) is 14.6. The quantitative estimate of drug-likeness (QED) is 0.0261. The van der Waals surface area contributed by atoms with Gasteiger partial charge in [-0.2, -0.15) is 0 Å². The minimum Gasteiger partial charge on any atom is -0.462 e. The van der Waals surface area contributed by atoms with Crippen molar-refractivity contribution < 1.29 is 28.6 Å². The molecule has 0 spiro atoms. The number of rotatable bonds is 60. The SMILES string of the molecule is CC/C=C\C/C=C\C/C=C\C/C=C\CCCCCCC(=O)OC(COC(=O)CCCCCCCCCCCCCCCCCCC)COC(=O)CCCCCCCCCCCCCCCCCCCCCCCC. The molecular weight excluding hydrogens is 913 g/mol. The molecule has 0 N–H and O–H groups in total. The van der Waals surface area contributed by atoms with Crippen LogP contribution in [-0.4, -0.2) is 37.2 Å². The summed E-state index contributed by atoms with van der Waals surface area (Å²) in [6.07, 6.45) is 78.4. The van der Waals surface area contributed by atoms with Crippen molar-refractivity contribution in [1.29, 1.82) is 0 Å². The van der Waals surface area contributed by atoms with E-state index >= 15 is 0 Å². The van der Waals surface area contributed by atoms with Gasteiger partial charge < -0.3 is 14.2 Å². The lowest BCUT2D eigenvalue weighted by Gasteiger charge is -2.18. The molecule has 74 heavy (non-hydrogen) atoms. The van der Waals surface area contributed by atoms with Gasteiger partial charge in [-0.3, -0.25) is 14.4 Å². The lowest BCUT2D eigenvalue weighted by atomic mass is 10.0. The van der Waals surface area contributed by atoms with Crippen molar-refractivity contribution in [2.45, 2.75) is 354 Å². The molecule has 0 amide bonds. The molecule has 0 aliphatic heterocycles. The van der Waals surface area contributed by atoms with Crippen LogP contribution in [0.2, 0.25) is 0 Å². The molecule has 0 rings (SSSR count). The molecule has 0 saturated carbocycles. The number of hydrogen-bond donors (Lipinski definition) is 0. The Balaban J connectivity index is 4.33. The summed E-state index contributed by atoms with van der Waals surface area (Å²) in [7, 11) is 0. The highest BCUT2D eigenvalue weighted by atomic mass is 16.6. The molecule has 0 heterocycles. The molecule has 0 aliphatic rings. The largest absolute Gasteiger partial charge is 0.462 e. The fourth-order valence-corrected chi connectivity index (χ4v) is 9.73. The van der Waals surface area contributed by atoms with Crippen LogP contribution in [0.1, 0.15) is 348 Å². The van der Waals surface area contributed by atoms with Gasteiger partial charge in [-0.25, -0.2) is 0 Å². The van der Waals surface area contributed by atoms with Gasteiger partial charge in [0.05, 0.1) is 0 Å². The second kappa shape index (κ2) is 62.9. The van der Waals surface area contributed by atoms with E-state index < -0.39 is 6.10 Å². The number of carbonyl (C=O) groups is 3. The van der Waals surface area contributed by atoms with Crippen molar-refractivity contribution in [3.63, 3.8) is 0 Å². The normalized spacial score (nSPS) is 12.3. The monoisotopic (exact) mass is 1040 g/mol. The lowest BCUT2D eigenvalue weighted by Crippen LogP contribution is -2.30. The summed E-state index contributed by atoms with van der Waals surface area (Å²) in [4.78, 5) is 38.3. The summed E-state index contributed by atoms with van der Waals surface area (Å²) in [6, 6.07) is 0. The van der Waals surface area contributed by atoms with Crippen LogP contribution in [0.3, 0.4) is 0 Å². The van der Waals surface area contributed by atoms with Gasteiger partial charge in [0, 0.05) is 19.3 Å². The van der Waals surface area contributed by atoms with Crippen LogP contribution in [0.25, 0.3) is 0 Å². The van der Waals surface area contributed by atoms with Crippen LogP contribution in [-0.2, 0) is 28.6 Å². The molecule has 6 heteroatoms.